The Balaban J connectivity index is 1.49. The second-order valence-corrected chi connectivity index (χ2v) is 8.16. The maximum atomic E-state index is 12.2. The second-order valence-electron chi connectivity index (χ2n) is 8.16. The van der Waals surface area contributed by atoms with Gasteiger partial charge in [-0.25, -0.2) is 10.2 Å². The zero-order valence-electron chi connectivity index (χ0n) is 18.2. The number of urea groups is 1. The number of methoxy groups -OCH3 is 2. The predicted octanol–water partition coefficient (Wildman–Crippen LogP) is 3.40. The third-order valence-electron chi connectivity index (χ3n) is 6.56. The van der Waals surface area contributed by atoms with Gasteiger partial charge in [-0.05, 0) is 62.7 Å². The number of rotatable bonds is 5. The van der Waals surface area contributed by atoms with Crippen LogP contribution in [-0.4, -0.2) is 55.5 Å². The van der Waals surface area contributed by atoms with Gasteiger partial charge in [0.15, 0.2) is 11.5 Å². The van der Waals surface area contributed by atoms with Crippen LogP contribution in [0.25, 0.3) is 0 Å². The van der Waals surface area contributed by atoms with Gasteiger partial charge in [0, 0.05) is 29.8 Å². The highest BCUT2D eigenvalue weighted by Crippen LogP contribution is 2.49. The number of benzene rings is 1. The van der Waals surface area contributed by atoms with Crippen molar-refractivity contribution in [1.82, 2.24) is 15.3 Å². The van der Waals surface area contributed by atoms with E-state index < -0.39 is 0 Å². The van der Waals surface area contributed by atoms with Crippen molar-refractivity contribution in [3.8, 4) is 11.5 Å². The molecule has 4 rings (SSSR count). The van der Waals surface area contributed by atoms with Crippen molar-refractivity contribution < 1.29 is 14.3 Å². The van der Waals surface area contributed by atoms with E-state index in [1.165, 1.54) is 5.56 Å². The molecule has 2 N–H and O–H groups in total. The van der Waals surface area contributed by atoms with Crippen LogP contribution < -0.4 is 20.2 Å². The molecule has 2 unspecified atom stereocenters. The minimum atomic E-state index is -0.364. The highest BCUT2D eigenvalue weighted by Gasteiger charge is 2.49. The van der Waals surface area contributed by atoms with Crippen LogP contribution in [0.1, 0.15) is 31.2 Å². The topological polar surface area (TPSA) is 88.1 Å². The molecule has 1 saturated heterocycles. The van der Waals surface area contributed by atoms with Crippen LogP contribution in [0.4, 0.5) is 10.5 Å². The van der Waals surface area contributed by atoms with Crippen molar-refractivity contribution in [2.24, 2.45) is 5.10 Å². The van der Waals surface area contributed by atoms with Gasteiger partial charge in [-0.2, -0.15) is 5.10 Å². The summed E-state index contributed by atoms with van der Waals surface area (Å²) in [6.07, 6.45) is 6.98. The van der Waals surface area contributed by atoms with Gasteiger partial charge in [-0.3, -0.25) is 4.98 Å². The molecule has 0 bridgehead atoms. The summed E-state index contributed by atoms with van der Waals surface area (Å²) in [7, 11) is 5.49. The lowest BCUT2D eigenvalue weighted by atomic mass is 9.65. The quantitative estimate of drug-likeness (QED) is 0.720. The van der Waals surface area contributed by atoms with E-state index >= 15 is 0 Å². The number of fused-ring (bicyclic) bond motifs is 1. The number of likely N-dealkylation sites (N-methyl/N-ethyl adjacent to an activating group) is 1. The summed E-state index contributed by atoms with van der Waals surface area (Å²) in [6, 6.07) is 9.78. The van der Waals surface area contributed by atoms with Crippen LogP contribution in [0, 0.1) is 0 Å². The predicted molar refractivity (Wildman–Crippen MR) is 120 cm³/mol. The van der Waals surface area contributed by atoms with Gasteiger partial charge in [-0.1, -0.05) is 6.07 Å². The maximum Gasteiger partial charge on any atom is 0.339 e. The molecule has 0 spiro atoms. The number of nitrogens with one attached hydrogen (secondary N) is 2. The molecule has 0 radical (unpaired) electrons. The Morgan fingerprint density at radius 2 is 2.06 bits per heavy atom. The largest absolute Gasteiger partial charge is 0.493 e. The van der Waals surface area contributed by atoms with E-state index in [4.69, 9.17) is 9.47 Å². The highest BCUT2D eigenvalue weighted by molar-refractivity contribution is 5.92. The molecule has 2 atom stereocenters. The molecule has 2 amide bonds. The molecule has 164 valence electrons. The van der Waals surface area contributed by atoms with E-state index in [0.717, 1.165) is 49.4 Å². The number of anilines is 1. The lowest BCUT2D eigenvalue weighted by Crippen LogP contribution is -2.46. The molecule has 1 aliphatic heterocycles. The fourth-order valence-electron chi connectivity index (χ4n) is 4.91. The Kier molecular flexibility index (Phi) is 6.08. The van der Waals surface area contributed by atoms with Crippen molar-refractivity contribution in [3.05, 3.63) is 48.3 Å². The highest BCUT2D eigenvalue weighted by atomic mass is 16.5. The molecule has 8 nitrogen and oxygen atoms in total. The summed E-state index contributed by atoms with van der Waals surface area (Å²) >= 11 is 0. The summed E-state index contributed by atoms with van der Waals surface area (Å²) in [5, 5.41) is 7.16. The number of hydrogen-bond acceptors (Lipinski definition) is 6. The van der Waals surface area contributed by atoms with Crippen LogP contribution in [-0.2, 0) is 5.41 Å². The van der Waals surface area contributed by atoms with Crippen LogP contribution in [0.3, 0.4) is 0 Å². The minimum Gasteiger partial charge on any atom is -0.493 e. The van der Waals surface area contributed by atoms with Gasteiger partial charge in [0.2, 0.25) is 0 Å². The third kappa shape index (κ3) is 4.20. The van der Waals surface area contributed by atoms with E-state index in [1.54, 1.807) is 38.7 Å². The van der Waals surface area contributed by atoms with Gasteiger partial charge < -0.3 is 19.7 Å². The Hall–Kier alpha value is -3.13. The van der Waals surface area contributed by atoms with Gasteiger partial charge in [0.05, 0.1) is 26.1 Å². The first-order valence-electron chi connectivity index (χ1n) is 10.5. The van der Waals surface area contributed by atoms with Crippen molar-refractivity contribution in [2.75, 3.05) is 33.1 Å². The van der Waals surface area contributed by atoms with Crippen LogP contribution >= 0.6 is 0 Å². The molecule has 1 aromatic carbocycles. The minimum absolute atomic E-state index is 0.0469. The summed E-state index contributed by atoms with van der Waals surface area (Å²) in [5.41, 5.74) is 5.60. The number of amides is 2. The maximum absolute atomic E-state index is 12.2. The average Bonchev–Trinajstić information content (AvgIpc) is 3.15. The molecule has 2 fully saturated rings. The zero-order valence-corrected chi connectivity index (χ0v) is 18.2. The molecule has 8 heteroatoms. The second kappa shape index (κ2) is 8.93. The first-order valence-corrected chi connectivity index (χ1v) is 10.5. The smallest absolute Gasteiger partial charge is 0.339 e. The molecule has 2 aromatic rings. The van der Waals surface area contributed by atoms with E-state index in [2.05, 4.69) is 44.9 Å². The molecular weight excluding hydrogens is 394 g/mol. The summed E-state index contributed by atoms with van der Waals surface area (Å²) in [4.78, 5) is 18.6. The summed E-state index contributed by atoms with van der Waals surface area (Å²) in [6.45, 7) is 1.03. The van der Waals surface area contributed by atoms with E-state index in [1.807, 2.05) is 6.07 Å². The van der Waals surface area contributed by atoms with Crippen molar-refractivity contribution in [1.29, 1.82) is 0 Å². The summed E-state index contributed by atoms with van der Waals surface area (Å²) < 4.78 is 11.0. The standard InChI is InChI=1S/C23H29N5O3/c1-28-12-10-23(16-6-7-19(30-2)20(13-16)31-3)9-8-17(14-21(23)28)26-27-22(29)25-18-5-4-11-24-15-18/h4-7,11,13,15,21H,8-10,12,14H2,1-3H3,(H2,25,27,29)/b26-17+. The lowest BCUT2D eigenvalue weighted by molar-refractivity contribution is 0.225. The Morgan fingerprint density at radius 1 is 1.23 bits per heavy atom. The summed E-state index contributed by atoms with van der Waals surface area (Å²) in [5.74, 6) is 1.50. The number of nitrogens with zero attached hydrogens (tertiary/aromatic N) is 3. The van der Waals surface area contributed by atoms with Crippen molar-refractivity contribution in [2.45, 2.75) is 37.1 Å². The van der Waals surface area contributed by atoms with Crippen LogP contribution in [0.5, 0.6) is 11.5 Å². The van der Waals surface area contributed by atoms with Crippen LogP contribution in [0.15, 0.2) is 47.8 Å². The van der Waals surface area contributed by atoms with Crippen molar-refractivity contribution >= 4 is 17.4 Å². The normalized spacial score (nSPS) is 24.5. The van der Waals surface area contributed by atoms with Crippen molar-refractivity contribution in [3.63, 3.8) is 0 Å². The number of carbonyl (C=O) groups excluding carboxylic acids is 1. The molecule has 2 aliphatic rings. The van der Waals surface area contributed by atoms with Gasteiger partial charge in [0.1, 0.15) is 0 Å². The average molecular weight is 424 g/mol. The first-order chi connectivity index (χ1) is 15.1. The molecule has 1 saturated carbocycles. The zero-order chi connectivity index (χ0) is 21.8. The fourth-order valence-corrected chi connectivity index (χ4v) is 4.91. The number of pyridine rings is 1. The third-order valence-corrected chi connectivity index (χ3v) is 6.56. The number of hydrogen-bond donors (Lipinski definition) is 2. The van der Waals surface area contributed by atoms with E-state index in [9.17, 15) is 4.79 Å². The Morgan fingerprint density at radius 3 is 2.81 bits per heavy atom. The Bertz CT molecular complexity index is 965. The van der Waals surface area contributed by atoms with Gasteiger partial charge in [-0.15, -0.1) is 0 Å². The molecule has 1 aliphatic carbocycles. The molecule has 2 heterocycles. The molecular formula is C23H29N5O3. The SMILES string of the molecule is COc1ccc(C23CC/C(=N\NC(=O)Nc4cccnc4)CC2N(C)CC3)cc1OC. The number of hydrazone groups is 1. The molecule has 1 aromatic heterocycles. The van der Waals surface area contributed by atoms with Crippen LogP contribution in [0.2, 0.25) is 0 Å². The molecule has 31 heavy (non-hydrogen) atoms. The monoisotopic (exact) mass is 423 g/mol. The lowest BCUT2D eigenvalue weighted by Gasteiger charge is -2.42. The first kappa shape index (κ1) is 21.1. The number of likely N-dealkylation sites (tertiary alicyclic amines) is 1. The Labute approximate surface area is 182 Å². The van der Waals surface area contributed by atoms with E-state index in [-0.39, 0.29) is 11.4 Å². The van der Waals surface area contributed by atoms with Gasteiger partial charge >= 0.3 is 6.03 Å². The van der Waals surface area contributed by atoms with E-state index in [0.29, 0.717) is 11.7 Å². The number of ether oxygens (including phenoxy) is 2. The van der Waals surface area contributed by atoms with Gasteiger partial charge in [0.25, 0.3) is 0 Å². The number of aromatic nitrogens is 1. The fraction of sp³-hybridized carbons (Fsp3) is 0.435. The number of carbonyl (C=O) groups is 1.